The Labute approximate surface area is 129 Å². The van der Waals surface area contributed by atoms with Crippen LogP contribution in [-0.4, -0.2) is 19.2 Å². The topological polar surface area (TPSA) is 57.4 Å². The number of hydrogen-bond donors (Lipinski definition) is 1. The molecule has 22 heavy (non-hydrogen) atoms. The fourth-order valence-corrected chi connectivity index (χ4v) is 3.30. The number of halogens is 2. The van der Waals surface area contributed by atoms with Gasteiger partial charge in [0.25, 0.3) is 0 Å². The van der Waals surface area contributed by atoms with Crippen LogP contribution in [0.5, 0.6) is 11.5 Å². The minimum Gasteiger partial charge on any atom is -0.495 e. The lowest BCUT2D eigenvalue weighted by molar-refractivity contribution is 0.399. The van der Waals surface area contributed by atoms with Crippen molar-refractivity contribution >= 4 is 27.2 Å². The van der Waals surface area contributed by atoms with Crippen LogP contribution < -0.4 is 15.2 Å². The molecular formula is C15H12F2N2O2S. The second-order valence-electron chi connectivity index (χ2n) is 4.49. The van der Waals surface area contributed by atoms with E-state index < -0.39 is 11.6 Å². The smallest absolute Gasteiger partial charge is 0.147 e. The minimum absolute atomic E-state index is 0.177. The van der Waals surface area contributed by atoms with E-state index in [2.05, 4.69) is 4.98 Å². The highest BCUT2D eigenvalue weighted by atomic mass is 32.1. The molecule has 0 aliphatic rings. The Morgan fingerprint density at radius 2 is 1.73 bits per heavy atom. The van der Waals surface area contributed by atoms with Crippen LogP contribution in [0.3, 0.4) is 0 Å². The zero-order chi connectivity index (χ0) is 15.9. The summed E-state index contributed by atoms with van der Waals surface area (Å²) in [6.07, 6.45) is 0. The molecule has 3 aromatic rings. The van der Waals surface area contributed by atoms with Crippen molar-refractivity contribution in [3.05, 3.63) is 35.9 Å². The molecule has 0 aliphatic heterocycles. The van der Waals surface area contributed by atoms with Gasteiger partial charge in [0.1, 0.15) is 39.3 Å². The highest BCUT2D eigenvalue weighted by Crippen LogP contribution is 2.43. The van der Waals surface area contributed by atoms with E-state index in [9.17, 15) is 8.78 Å². The highest BCUT2D eigenvalue weighted by molar-refractivity contribution is 7.22. The number of fused-ring (bicyclic) bond motifs is 1. The van der Waals surface area contributed by atoms with Crippen molar-refractivity contribution in [2.24, 2.45) is 0 Å². The van der Waals surface area contributed by atoms with Gasteiger partial charge in [-0.05, 0) is 12.1 Å². The average Bonchev–Trinajstić information content (AvgIpc) is 2.93. The molecule has 3 rings (SSSR count). The summed E-state index contributed by atoms with van der Waals surface area (Å²) < 4.78 is 38.9. The Morgan fingerprint density at radius 1 is 1.09 bits per heavy atom. The Balaban J connectivity index is 2.32. The number of benzene rings is 2. The second kappa shape index (κ2) is 5.42. The maximum Gasteiger partial charge on any atom is 0.147 e. The summed E-state index contributed by atoms with van der Waals surface area (Å²) in [6.45, 7) is 0. The molecule has 0 bridgehead atoms. The third-order valence-corrected chi connectivity index (χ3v) is 4.34. The first-order chi connectivity index (χ1) is 10.6. The average molecular weight is 322 g/mol. The van der Waals surface area contributed by atoms with Crippen molar-refractivity contribution in [1.29, 1.82) is 0 Å². The van der Waals surface area contributed by atoms with Gasteiger partial charge in [-0.15, -0.1) is 11.3 Å². The molecule has 0 fully saturated rings. The van der Waals surface area contributed by atoms with E-state index in [-0.39, 0.29) is 10.6 Å². The van der Waals surface area contributed by atoms with Crippen LogP contribution in [-0.2, 0) is 0 Å². The summed E-state index contributed by atoms with van der Waals surface area (Å²) in [5.41, 5.74) is 6.52. The lowest BCUT2D eigenvalue weighted by Crippen LogP contribution is -1.95. The number of rotatable bonds is 3. The molecule has 7 heteroatoms. The highest BCUT2D eigenvalue weighted by Gasteiger charge is 2.20. The van der Waals surface area contributed by atoms with Gasteiger partial charge >= 0.3 is 0 Å². The normalized spacial score (nSPS) is 10.9. The van der Waals surface area contributed by atoms with Crippen LogP contribution in [0.2, 0.25) is 0 Å². The first-order valence-electron chi connectivity index (χ1n) is 6.32. The summed E-state index contributed by atoms with van der Waals surface area (Å²) in [5, 5.41) is 0.198. The monoisotopic (exact) mass is 322 g/mol. The fourth-order valence-electron chi connectivity index (χ4n) is 2.18. The molecule has 0 spiro atoms. The molecule has 0 atom stereocenters. The molecule has 0 aliphatic carbocycles. The maximum absolute atomic E-state index is 13.9. The van der Waals surface area contributed by atoms with Gasteiger partial charge in [-0.3, -0.25) is 0 Å². The molecule has 0 amide bonds. The third kappa shape index (κ3) is 2.14. The van der Waals surface area contributed by atoms with Gasteiger partial charge < -0.3 is 15.2 Å². The number of methoxy groups -OCH3 is 2. The zero-order valence-electron chi connectivity index (χ0n) is 11.8. The lowest BCUT2D eigenvalue weighted by atomic mass is 10.2. The minimum atomic E-state index is -0.677. The maximum atomic E-state index is 13.9. The largest absolute Gasteiger partial charge is 0.495 e. The quantitative estimate of drug-likeness (QED) is 0.744. The predicted octanol–water partition coefficient (Wildman–Crippen LogP) is 3.84. The lowest BCUT2D eigenvalue weighted by Gasteiger charge is -2.07. The molecule has 0 radical (unpaired) electrons. The number of anilines is 1. The van der Waals surface area contributed by atoms with E-state index in [1.165, 1.54) is 32.4 Å². The van der Waals surface area contributed by atoms with Crippen LogP contribution in [0.15, 0.2) is 24.3 Å². The SMILES string of the molecule is COc1cc(OC)c2sc(-c3c(F)cccc3F)nc2c1N. The van der Waals surface area contributed by atoms with Crippen molar-refractivity contribution in [2.45, 2.75) is 0 Å². The van der Waals surface area contributed by atoms with Crippen LogP contribution in [0.4, 0.5) is 14.5 Å². The zero-order valence-corrected chi connectivity index (χ0v) is 12.6. The summed E-state index contributed by atoms with van der Waals surface area (Å²) in [6, 6.07) is 5.30. The van der Waals surface area contributed by atoms with E-state index in [1.807, 2.05) is 0 Å². The summed E-state index contributed by atoms with van der Waals surface area (Å²) in [7, 11) is 2.97. The van der Waals surface area contributed by atoms with Gasteiger partial charge in [-0.25, -0.2) is 13.8 Å². The number of ether oxygens (including phenoxy) is 2. The summed E-state index contributed by atoms with van der Waals surface area (Å²) >= 11 is 1.11. The molecule has 2 aromatic carbocycles. The molecule has 0 saturated carbocycles. The molecule has 0 saturated heterocycles. The van der Waals surface area contributed by atoms with Crippen molar-refractivity contribution in [3.63, 3.8) is 0 Å². The Morgan fingerprint density at radius 3 is 2.32 bits per heavy atom. The number of nitrogens with zero attached hydrogens (tertiary/aromatic N) is 1. The van der Waals surface area contributed by atoms with Gasteiger partial charge in [0.15, 0.2) is 0 Å². The van der Waals surface area contributed by atoms with E-state index in [0.29, 0.717) is 27.4 Å². The van der Waals surface area contributed by atoms with Crippen LogP contribution in [0.1, 0.15) is 0 Å². The van der Waals surface area contributed by atoms with Crippen molar-refractivity contribution in [1.82, 2.24) is 4.98 Å². The third-order valence-electron chi connectivity index (χ3n) is 3.25. The Bertz CT molecular complexity index is 844. The standard InChI is InChI=1S/C15H12F2N2O2S/c1-20-9-6-10(21-2)14-13(12(9)18)19-15(22-14)11-7(16)4-3-5-8(11)17/h3-6H,18H2,1-2H3. The van der Waals surface area contributed by atoms with Gasteiger partial charge in [0.05, 0.1) is 24.5 Å². The van der Waals surface area contributed by atoms with E-state index in [1.54, 1.807) is 6.07 Å². The first-order valence-corrected chi connectivity index (χ1v) is 7.13. The number of aromatic nitrogens is 1. The number of nitrogens with two attached hydrogens (primary N) is 1. The second-order valence-corrected chi connectivity index (χ2v) is 5.49. The molecule has 4 nitrogen and oxygen atoms in total. The molecule has 0 unspecified atom stereocenters. The van der Waals surface area contributed by atoms with E-state index >= 15 is 0 Å². The van der Waals surface area contributed by atoms with Crippen molar-refractivity contribution < 1.29 is 18.3 Å². The number of thiazole rings is 1. The predicted molar refractivity (Wildman–Crippen MR) is 82.5 cm³/mol. The van der Waals surface area contributed by atoms with Gasteiger partial charge in [-0.1, -0.05) is 6.07 Å². The fraction of sp³-hybridized carbons (Fsp3) is 0.133. The number of nitrogen functional groups attached to an aromatic ring is 1. The Kier molecular flexibility index (Phi) is 3.58. The van der Waals surface area contributed by atoms with Crippen LogP contribution in [0, 0.1) is 11.6 Å². The van der Waals surface area contributed by atoms with Crippen LogP contribution >= 0.6 is 11.3 Å². The molecule has 1 aromatic heterocycles. The number of hydrogen-bond acceptors (Lipinski definition) is 5. The molecule has 114 valence electrons. The van der Waals surface area contributed by atoms with Gasteiger partial charge in [0.2, 0.25) is 0 Å². The molecular weight excluding hydrogens is 310 g/mol. The summed E-state index contributed by atoms with van der Waals surface area (Å²) in [5.74, 6) is -0.469. The van der Waals surface area contributed by atoms with E-state index in [4.69, 9.17) is 15.2 Å². The first kappa shape index (κ1) is 14.5. The molecule has 1 heterocycles. The Hall–Kier alpha value is -2.41. The van der Waals surface area contributed by atoms with Crippen LogP contribution in [0.25, 0.3) is 20.8 Å². The van der Waals surface area contributed by atoms with Gasteiger partial charge in [0, 0.05) is 6.07 Å². The van der Waals surface area contributed by atoms with Gasteiger partial charge in [-0.2, -0.15) is 0 Å². The molecule has 2 N–H and O–H groups in total. The van der Waals surface area contributed by atoms with Crippen molar-refractivity contribution in [2.75, 3.05) is 20.0 Å². The summed E-state index contributed by atoms with van der Waals surface area (Å²) in [4.78, 5) is 4.27. The van der Waals surface area contributed by atoms with E-state index in [0.717, 1.165) is 11.3 Å². The van der Waals surface area contributed by atoms with Crippen molar-refractivity contribution in [3.8, 4) is 22.1 Å².